The summed E-state index contributed by atoms with van der Waals surface area (Å²) in [5.74, 6) is 0.215. The lowest BCUT2D eigenvalue weighted by Crippen LogP contribution is -2.39. The van der Waals surface area contributed by atoms with Crippen molar-refractivity contribution in [3.05, 3.63) is 64.6 Å². The summed E-state index contributed by atoms with van der Waals surface area (Å²) in [7, 11) is 1.63. The number of aromatic nitrogens is 1. The molecule has 4 rings (SSSR count). The Bertz CT molecular complexity index is 1010. The van der Waals surface area contributed by atoms with Crippen molar-refractivity contribution in [3.63, 3.8) is 0 Å². The van der Waals surface area contributed by atoms with Gasteiger partial charge in [0.25, 0.3) is 0 Å². The first-order valence-electron chi connectivity index (χ1n) is 9.12. The van der Waals surface area contributed by atoms with Crippen molar-refractivity contribution in [2.45, 2.75) is 38.4 Å². The van der Waals surface area contributed by atoms with E-state index >= 15 is 0 Å². The zero-order valence-electron chi connectivity index (χ0n) is 15.4. The minimum atomic E-state index is -0.625. The van der Waals surface area contributed by atoms with Crippen molar-refractivity contribution in [3.8, 4) is 5.75 Å². The van der Waals surface area contributed by atoms with E-state index in [1.165, 1.54) is 4.57 Å². The summed E-state index contributed by atoms with van der Waals surface area (Å²) in [5, 5.41) is 0. The first kappa shape index (κ1) is 17.4. The standard InChI is InChI=1S/C21H22N2O4/c1-14(23-18-5-3-4-6-19(18)27-21(23)25)20(24)22(16-9-10-16)13-15-7-11-17(26-2)12-8-15/h3-8,11-12,14,16H,9-10,13H2,1-2H3. The lowest BCUT2D eigenvalue weighted by atomic mass is 10.1. The highest BCUT2D eigenvalue weighted by atomic mass is 16.5. The molecule has 140 valence electrons. The molecule has 1 fully saturated rings. The number of para-hydroxylation sites is 2. The second-order valence-electron chi connectivity index (χ2n) is 6.93. The Morgan fingerprint density at radius 1 is 1.22 bits per heavy atom. The van der Waals surface area contributed by atoms with Crippen LogP contribution in [0.5, 0.6) is 5.75 Å². The maximum atomic E-state index is 13.2. The molecule has 2 aromatic carbocycles. The lowest BCUT2D eigenvalue weighted by Gasteiger charge is -2.26. The van der Waals surface area contributed by atoms with Crippen LogP contribution in [0.1, 0.15) is 31.4 Å². The Morgan fingerprint density at radius 3 is 2.59 bits per heavy atom. The molecule has 3 aromatic rings. The first-order valence-corrected chi connectivity index (χ1v) is 9.12. The van der Waals surface area contributed by atoms with Gasteiger partial charge in [-0.05, 0) is 49.6 Å². The van der Waals surface area contributed by atoms with Crippen molar-refractivity contribution in [2.24, 2.45) is 0 Å². The minimum absolute atomic E-state index is 0.0676. The van der Waals surface area contributed by atoms with Crippen LogP contribution in [0.25, 0.3) is 11.1 Å². The van der Waals surface area contributed by atoms with Crippen LogP contribution in [0.3, 0.4) is 0 Å². The molecule has 0 saturated heterocycles. The SMILES string of the molecule is COc1ccc(CN(C(=O)C(C)n2c(=O)oc3ccccc32)C2CC2)cc1. The molecule has 27 heavy (non-hydrogen) atoms. The average Bonchev–Trinajstić information content (AvgIpc) is 3.47. The molecule has 1 saturated carbocycles. The van der Waals surface area contributed by atoms with Crippen LogP contribution in [-0.2, 0) is 11.3 Å². The molecule has 1 aliphatic rings. The maximum Gasteiger partial charge on any atom is 0.420 e. The van der Waals surface area contributed by atoms with Gasteiger partial charge in [-0.15, -0.1) is 0 Å². The largest absolute Gasteiger partial charge is 0.497 e. The number of nitrogens with zero attached hydrogens (tertiary/aromatic N) is 2. The quantitative estimate of drug-likeness (QED) is 0.671. The highest BCUT2D eigenvalue weighted by Crippen LogP contribution is 2.31. The zero-order chi connectivity index (χ0) is 19.0. The molecule has 0 spiro atoms. The third-order valence-electron chi connectivity index (χ3n) is 5.05. The molecule has 1 unspecified atom stereocenters. The predicted octanol–water partition coefficient (Wildman–Crippen LogP) is 3.36. The minimum Gasteiger partial charge on any atom is -0.497 e. The summed E-state index contributed by atoms with van der Waals surface area (Å²) >= 11 is 0. The van der Waals surface area contributed by atoms with E-state index in [1.54, 1.807) is 26.2 Å². The van der Waals surface area contributed by atoms with Crippen molar-refractivity contribution >= 4 is 17.0 Å². The van der Waals surface area contributed by atoms with Crippen LogP contribution in [0.4, 0.5) is 0 Å². The van der Waals surface area contributed by atoms with E-state index in [9.17, 15) is 9.59 Å². The fraction of sp³-hybridized carbons (Fsp3) is 0.333. The Morgan fingerprint density at radius 2 is 1.93 bits per heavy atom. The van der Waals surface area contributed by atoms with Crippen LogP contribution < -0.4 is 10.5 Å². The average molecular weight is 366 g/mol. The van der Waals surface area contributed by atoms with Crippen molar-refractivity contribution < 1.29 is 13.9 Å². The van der Waals surface area contributed by atoms with Gasteiger partial charge in [0.15, 0.2) is 5.58 Å². The molecular weight excluding hydrogens is 344 g/mol. The van der Waals surface area contributed by atoms with Crippen molar-refractivity contribution in [2.75, 3.05) is 7.11 Å². The maximum absolute atomic E-state index is 13.2. The number of ether oxygens (including phenoxy) is 1. The molecule has 0 radical (unpaired) electrons. The summed E-state index contributed by atoms with van der Waals surface area (Å²) in [6.07, 6.45) is 1.99. The molecule has 0 aliphatic heterocycles. The normalized spacial score (nSPS) is 14.9. The molecule has 1 atom stereocenters. The van der Waals surface area contributed by atoms with E-state index in [2.05, 4.69) is 0 Å². The van der Waals surface area contributed by atoms with E-state index in [0.717, 1.165) is 24.2 Å². The van der Waals surface area contributed by atoms with E-state index in [1.807, 2.05) is 41.3 Å². The number of rotatable bonds is 6. The topological polar surface area (TPSA) is 64.7 Å². The molecule has 1 aromatic heterocycles. The fourth-order valence-corrected chi connectivity index (χ4v) is 3.40. The number of carbonyl (C=O) groups excluding carboxylic acids is 1. The van der Waals surface area contributed by atoms with E-state index < -0.39 is 11.8 Å². The molecule has 6 nitrogen and oxygen atoms in total. The predicted molar refractivity (Wildman–Crippen MR) is 102 cm³/mol. The van der Waals surface area contributed by atoms with Gasteiger partial charge in [-0.3, -0.25) is 9.36 Å². The summed E-state index contributed by atoms with van der Waals surface area (Å²) in [6.45, 7) is 2.28. The summed E-state index contributed by atoms with van der Waals surface area (Å²) < 4.78 is 11.9. The second kappa shape index (κ2) is 6.95. The lowest BCUT2D eigenvalue weighted by molar-refractivity contribution is -0.135. The molecule has 1 aliphatic carbocycles. The van der Waals surface area contributed by atoms with Crippen LogP contribution in [0.2, 0.25) is 0 Å². The van der Waals surface area contributed by atoms with Gasteiger partial charge in [-0.2, -0.15) is 0 Å². The number of carbonyl (C=O) groups is 1. The van der Waals surface area contributed by atoms with Crippen LogP contribution in [-0.4, -0.2) is 28.5 Å². The van der Waals surface area contributed by atoms with Gasteiger partial charge >= 0.3 is 5.76 Å². The van der Waals surface area contributed by atoms with Crippen LogP contribution >= 0.6 is 0 Å². The second-order valence-corrected chi connectivity index (χ2v) is 6.93. The number of methoxy groups -OCH3 is 1. The Balaban J connectivity index is 1.61. The molecule has 1 amide bonds. The van der Waals surface area contributed by atoms with Gasteiger partial charge in [0, 0.05) is 12.6 Å². The van der Waals surface area contributed by atoms with Crippen molar-refractivity contribution in [1.82, 2.24) is 9.47 Å². The van der Waals surface area contributed by atoms with Gasteiger partial charge in [0.1, 0.15) is 11.8 Å². The molecule has 0 N–H and O–H groups in total. The van der Waals surface area contributed by atoms with Crippen LogP contribution in [0.15, 0.2) is 57.7 Å². The van der Waals surface area contributed by atoms with E-state index in [0.29, 0.717) is 17.6 Å². The highest BCUT2D eigenvalue weighted by molar-refractivity contribution is 5.83. The highest BCUT2D eigenvalue weighted by Gasteiger charge is 2.36. The number of benzene rings is 2. The number of hydrogen-bond donors (Lipinski definition) is 0. The molecular formula is C21H22N2O4. The van der Waals surface area contributed by atoms with Gasteiger partial charge in [-0.25, -0.2) is 4.79 Å². The summed E-state index contributed by atoms with van der Waals surface area (Å²) in [5.41, 5.74) is 2.17. The number of amides is 1. The van der Waals surface area contributed by atoms with Gasteiger partial charge in [0.2, 0.25) is 5.91 Å². The number of fused-ring (bicyclic) bond motifs is 1. The molecule has 0 bridgehead atoms. The smallest absolute Gasteiger partial charge is 0.420 e. The third kappa shape index (κ3) is 3.35. The molecule has 6 heteroatoms. The Hall–Kier alpha value is -3.02. The molecule has 1 heterocycles. The van der Waals surface area contributed by atoms with Gasteiger partial charge in [-0.1, -0.05) is 24.3 Å². The van der Waals surface area contributed by atoms with Gasteiger partial charge in [0.05, 0.1) is 12.6 Å². The Kier molecular flexibility index (Phi) is 4.48. The van der Waals surface area contributed by atoms with Gasteiger partial charge < -0.3 is 14.1 Å². The zero-order valence-corrected chi connectivity index (χ0v) is 15.4. The van der Waals surface area contributed by atoms with Crippen LogP contribution in [0, 0.1) is 0 Å². The van der Waals surface area contributed by atoms with E-state index in [-0.39, 0.29) is 11.9 Å². The fourth-order valence-electron chi connectivity index (χ4n) is 3.40. The van der Waals surface area contributed by atoms with Crippen molar-refractivity contribution in [1.29, 1.82) is 0 Å². The third-order valence-corrected chi connectivity index (χ3v) is 5.05. The number of oxazole rings is 1. The monoisotopic (exact) mass is 366 g/mol. The first-order chi connectivity index (χ1) is 13.1. The van der Waals surface area contributed by atoms with E-state index in [4.69, 9.17) is 9.15 Å². The summed E-state index contributed by atoms with van der Waals surface area (Å²) in [6, 6.07) is 14.5. The summed E-state index contributed by atoms with van der Waals surface area (Å²) in [4.78, 5) is 27.5. The Labute approximate surface area is 157 Å². The number of hydrogen-bond acceptors (Lipinski definition) is 4.